The van der Waals surface area contributed by atoms with E-state index in [0.29, 0.717) is 11.1 Å². The summed E-state index contributed by atoms with van der Waals surface area (Å²) in [6.07, 6.45) is -0.813. The first-order valence-corrected chi connectivity index (χ1v) is 8.42. The molecular formula is C15H12N2O7S. The van der Waals surface area contributed by atoms with E-state index in [9.17, 15) is 23.3 Å². The van der Waals surface area contributed by atoms with Gasteiger partial charge in [0.25, 0.3) is 15.7 Å². The first-order chi connectivity index (χ1) is 11.8. The number of nitrogens with zero attached hydrogens (tertiary/aromatic N) is 2. The van der Waals surface area contributed by atoms with Crippen LogP contribution in [0.2, 0.25) is 0 Å². The average Bonchev–Trinajstić information content (AvgIpc) is 3.43. The van der Waals surface area contributed by atoms with E-state index in [0.717, 1.165) is 28.7 Å². The van der Waals surface area contributed by atoms with Crippen molar-refractivity contribution in [3.05, 3.63) is 69.8 Å². The lowest BCUT2D eigenvalue weighted by Crippen LogP contribution is -2.12. The van der Waals surface area contributed by atoms with E-state index in [2.05, 4.69) is 4.74 Å². The lowest BCUT2D eigenvalue weighted by Gasteiger charge is -2.03. The van der Waals surface area contributed by atoms with Crippen LogP contribution in [0.3, 0.4) is 0 Å². The maximum atomic E-state index is 12.4. The molecule has 0 aliphatic carbocycles. The number of hydrogen-bond acceptors (Lipinski definition) is 7. The van der Waals surface area contributed by atoms with Crippen LogP contribution >= 0.6 is 0 Å². The summed E-state index contributed by atoms with van der Waals surface area (Å²) in [4.78, 5) is 26.4. The van der Waals surface area contributed by atoms with Gasteiger partial charge in [0.2, 0.25) is 0 Å². The molecule has 0 saturated carbocycles. The second kappa shape index (κ2) is 6.24. The molecule has 0 N–H and O–H groups in total. The summed E-state index contributed by atoms with van der Waals surface area (Å²) in [6.45, 7) is 0. The molecule has 2 aromatic rings. The van der Waals surface area contributed by atoms with Gasteiger partial charge in [-0.25, -0.2) is 13.2 Å². The Labute approximate surface area is 142 Å². The Bertz CT molecular complexity index is 923. The summed E-state index contributed by atoms with van der Waals surface area (Å²) < 4.78 is 30.3. The largest absolute Gasteiger partial charge is 0.465 e. The van der Waals surface area contributed by atoms with Gasteiger partial charge in [0.15, 0.2) is 6.23 Å². The predicted molar refractivity (Wildman–Crippen MR) is 83.7 cm³/mol. The minimum atomic E-state index is -3.94. The molecule has 3 rings (SSSR count). The molecule has 9 nitrogen and oxygen atoms in total. The van der Waals surface area contributed by atoms with Crippen LogP contribution in [0, 0.1) is 10.1 Å². The SMILES string of the molecule is COC(=O)c1ccc(C2ON2S(=O)(=O)c2ccc([N+](=O)[O-])cc2)cc1. The lowest BCUT2D eigenvalue weighted by molar-refractivity contribution is -0.384. The number of nitro benzene ring substituents is 1. The molecule has 2 aromatic carbocycles. The monoisotopic (exact) mass is 364 g/mol. The molecule has 0 amide bonds. The van der Waals surface area contributed by atoms with E-state index in [1.165, 1.54) is 19.2 Å². The zero-order chi connectivity index (χ0) is 18.2. The summed E-state index contributed by atoms with van der Waals surface area (Å²) in [5, 5.41) is 10.6. The number of carbonyl (C=O) groups excluding carboxylic acids is 1. The number of sulfonamides is 1. The molecular weight excluding hydrogens is 352 g/mol. The topological polar surface area (TPSA) is 119 Å². The van der Waals surface area contributed by atoms with Crippen molar-refractivity contribution in [2.45, 2.75) is 11.1 Å². The van der Waals surface area contributed by atoms with Crippen molar-refractivity contribution in [3.8, 4) is 0 Å². The number of non-ortho nitro benzene ring substituents is 1. The molecule has 10 heteroatoms. The maximum absolute atomic E-state index is 12.4. The maximum Gasteiger partial charge on any atom is 0.337 e. The third-order valence-corrected chi connectivity index (χ3v) is 5.17. The van der Waals surface area contributed by atoms with Gasteiger partial charge in [-0.1, -0.05) is 12.1 Å². The number of hydrogen-bond donors (Lipinski definition) is 0. The summed E-state index contributed by atoms with van der Waals surface area (Å²) in [5.41, 5.74) is 0.662. The van der Waals surface area contributed by atoms with Crippen molar-refractivity contribution in [2.24, 2.45) is 0 Å². The number of carbonyl (C=O) groups is 1. The molecule has 2 unspecified atom stereocenters. The summed E-state index contributed by atoms with van der Waals surface area (Å²) in [5.74, 6) is -0.501. The quantitative estimate of drug-likeness (QED) is 0.344. The molecule has 0 bridgehead atoms. The molecule has 0 aromatic heterocycles. The Kier molecular flexibility index (Phi) is 4.25. The smallest absolute Gasteiger partial charge is 0.337 e. The zero-order valence-electron chi connectivity index (χ0n) is 12.9. The molecule has 1 saturated heterocycles. The van der Waals surface area contributed by atoms with Crippen molar-refractivity contribution < 1.29 is 27.7 Å². The first kappa shape index (κ1) is 17.0. The van der Waals surface area contributed by atoms with Gasteiger partial charge < -0.3 is 4.74 Å². The molecule has 1 fully saturated rings. The third-order valence-electron chi connectivity index (χ3n) is 3.55. The van der Waals surface area contributed by atoms with Crippen molar-refractivity contribution in [3.63, 3.8) is 0 Å². The second-order valence-electron chi connectivity index (χ2n) is 5.08. The Balaban J connectivity index is 1.77. The van der Waals surface area contributed by atoms with Crippen LogP contribution in [-0.4, -0.2) is 30.9 Å². The van der Waals surface area contributed by atoms with Crippen molar-refractivity contribution in [1.82, 2.24) is 4.47 Å². The number of methoxy groups -OCH3 is 1. The van der Waals surface area contributed by atoms with Gasteiger partial charge in [0.1, 0.15) is 0 Å². The van der Waals surface area contributed by atoms with E-state index < -0.39 is 27.1 Å². The first-order valence-electron chi connectivity index (χ1n) is 6.98. The van der Waals surface area contributed by atoms with Crippen LogP contribution in [0.5, 0.6) is 0 Å². The number of rotatable bonds is 5. The summed E-state index contributed by atoms with van der Waals surface area (Å²) in [7, 11) is -2.68. The van der Waals surface area contributed by atoms with Gasteiger partial charge in [0, 0.05) is 17.7 Å². The van der Waals surface area contributed by atoms with Crippen molar-refractivity contribution in [2.75, 3.05) is 7.11 Å². The molecule has 25 heavy (non-hydrogen) atoms. The molecule has 0 radical (unpaired) electrons. The predicted octanol–water partition coefficient (Wildman–Crippen LogP) is 2.02. The zero-order valence-corrected chi connectivity index (χ0v) is 13.7. The van der Waals surface area contributed by atoms with E-state index in [1.54, 1.807) is 12.1 Å². The summed E-state index contributed by atoms with van der Waals surface area (Å²) >= 11 is 0. The molecule has 1 heterocycles. The van der Waals surface area contributed by atoms with Crippen LogP contribution in [0.25, 0.3) is 0 Å². The molecule has 0 spiro atoms. The van der Waals surface area contributed by atoms with Crippen molar-refractivity contribution in [1.29, 1.82) is 0 Å². The van der Waals surface area contributed by atoms with Gasteiger partial charge in [-0.15, -0.1) is 0 Å². The van der Waals surface area contributed by atoms with Gasteiger partial charge >= 0.3 is 5.97 Å². The average molecular weight is 364 g/mol. The standard InChI is InChI=1S/C15H12N2O7S/c1-23-15(18)11-4-2-10(3-5-11)14-17(24-14)25(21,22)13-8-6-12(7-9-13)16(19)20/h2-9,14H,1H3. The van der Waals surface area contributed by atoms with Gasteiger partial charge in [-0.05, 0) is 28.7 Å². The fourth-order valence-corrected chi connectivity index (χ4v) is 3.44. The minimum Gasteiger partial charge on any atom is -0.465 e. The van der Waals surface area contributed by atoms with Crippen LogP contribution < -0.4 is 0 Å². The van der Waals surface area contributed by atoms with E-state index in [4.69, 9.17) is 4.84 Å². The fraction of sp³-hybridized carbons (Fsp3) is 0.133. The Hall–Kier alpha value is -2.82. The number of hydroxylamine groups is 1. The van der Waals surface area contributed by atoms with E-state index in [-0.39, 0.29) is 10.6 Å². The molecule has 130 valence electrons. The Morgan fingerprint density at radius 1 is 1.16 bits per heavy atom. The van der Waals surface area contributed by atoms with Crippen LogP contribution in [0.15, 0.2) is 53.4 Å². The summed E-state index contributed by atoms with van der Waals surface area (Å²) in [6, 6.07) is 10.6. The van der Waals surface area contributed by atoms with Crippen LogP contribution in [0.1, 0.15) is 22.1 Å². The highest BCUT2D eigenvalue weighted by Crippen LogP contribution is 2.42. The van der Waals surface area contributed by atoms with E-state index in [1.807, 2.05) is 0 Å². The highest BCUT2D eigenvalue weighted by molar-refractivity contribution is 7.89. The van der Waals surface area contributed by atoms with Gasteiger partial charge in [-0.2, -0.15) is 0 Å². The molecule has 1 aliphatic heterocycles. The number of nitro groups is 1. The number of benzene rings is 2. The van der Waals surface area contributed by atoms with Gasteiger partial charge in [-0.3, -0.25) is 15.0 Å². The Morgan fingerprint density at radius 2 is 1.76 bits per heavy atom. The van der Waals surface area contributed by atoms with Crippen LogP contribution in [0.4, 0.5) is 5.69 Å². The lowest BCUT2D eigenvalue weighted by atomic mass is 10.1. The van der Waals surface area contributed by atoms with Gasteiger partial charge in [0.05, 0.1) is 22.5 Å². The number of esters is 1. The minimum absolute atomic E-state index is 0.119. The van der Waals surface area contributed by atoms with E-state index >= 15 is 0 Å². The second-order valence-corrected chi connectivity index (χ2v) is 6.86. The van der Waals surface area contributed by atoms with Crippen LogP contribution in [-0.2, 0) is 19.6 Å². The highest BCUT2D eigenvalue weighted by atomic mass is 32.2. The highest BCUT2D eigenvalue weighted by Gasteiger charge is 2.48. The normalized spacial score (nSPS) is 19.2. The Morgan fingerprint density at radius 3 is 2.28 bits per heavy atom. The molecule has 2 atom stereocenters. The fourth-order valence-electron chi connectivity index (χ4n) is 2.18. The third kappa shape index (κ3) is 3.22. The van der Waals surface area contributed by atoms with Crippen molar-refractivity contribution >= 4 is 21.7 Å². The number of ether oxygens (including phenoxy) is 1. The molecule has 1 aliphatic rings.